The zero-order valence-corrected chi connectivity index (χ0v) is 18.1. The molecule has 1 saturated carbocycles. The van der Waals surface area contributed by atoms with E-state index in [1.165, 1.54) is 6.07 Å². The smallest absolute Gasteiger partial charge is 0.417 e. The summed E-state index contributed by atoms with van der Waals surface area (Å²) >= 11 is 7.16. The molecule has 1 unspecified atom stereocenters. The minimum Gasteiger partial charge on any atom is -0.478 e. The number of hydrogen-bond donors (Lipinski definition) is 3. The second-order valence-electron chi connectivity index (χ2n) is 7.96. The van der Waals surface area contributed by atoms with Crippen LogP contribution < -0.4 is 10.0 Å². The summed E-state index contributed by atoms with van der Waals surface area (Å²) in [7, 11) is 0. The molecule has 9 heteroatoms. The van der Waals surface area contributed by atoms with Crippen molar-refractivity contribution in [2.24, 2.45) is 0 Å². The minimum atomic E-state index is -4.57. The third-order valence-electron chi connectivity index (χ3n) is 5.68. The third kappa shape index (κ3) is 5.13. The van der Waals surface area contributed by atoms with Crippen LogP contribution in [0.1, 0.15) is 71.1 Å². The monoisotopic (exact) mass is 470 g/mol. The Bertz CT molecular complexity index is 989. The fourth-order valence-electron chi connectivity index (χ4n) is 3.90. The van der Waals surface area contributed by atoms with Gasteiger partial charge >= 0.3 is 12.1 Å². The van der Waals surface area contributed by atoms with Crippen molar-refractivity contribution in [1.82, 2.24) is 5.32 Å². The molecule has 0 bridgehead atoms. The summed E-state index contributed by atoms with van der Waals surface area (Å²) in [6.45, 7) is 0.794. The van der Waals surface area contributed by atoms with Gasteiger partial charge in [0.05, 0.1) is 16.1 Å². The van der Waals surface area contributed by atoms with Crippen LogP contribution >= 0.6 is 23.5 Å². The molecule has 0 radical (unpaired) electrons. The van der Waals surface area contributed by atoms with Crippen LogP contribution in [0.25, 0.3) is 0 Å². The largest absolute Gasteiger partial charge is 0.478 e. The zero-order chi connectivity index (χ0) is 22.2. The molecule has 2 aromatic carbocycles. The number of carboxylic acids is 1. The second-order valence-corrected chi connectivity index (χ2v) is 9.21. The molecule has 3 N–H and O–H groups in total. The lowest BCUT2D eigenvalue weighted by molar-refractivity contribution is -0.137. The molecule has 2 aliphatic rings. The Hall–Kier alpha value is -1.90. The van der Waals surface area contributed by atoms with E-state index in [1.54, 1.807) is 18.2 Å². The molecule has 1 aliphatic carbocycles. The van der Waals surface area contributed by atoms with Crippen LogP contribution in [0, 0.1) is 0 Å². The number of nitrogens with one attached hydrogen (secondary N) is 2. The molecule has 1 saturated heterocycles. The van der Waals surface area contributed by atoms with Gasteiger partial charge in [-0.05, 0) is 85.5 Å². The summed E-state index contributed by atoms with van der Waals surface area (Å²) in [5.74, 6) is -0.676. The van der Waals surface area contributed by atoms with Crippen LogP contribution in [0.2, 0.25) is 5.02 Å². The van der Waals surface area contributed by atoms with Crippen molar-refractivity contribution in [3.63, 3.8) is 0 Å². The zero-order valence-electron chi connectivity index (χ0n) is 16.6. The molecule has 0 spiro atoms. The lowest BCUT2D eigenvalue weighted by Crippen LogP contribution is -2.27. The maximum absolute atomic E-state index is 13.5. The Labute approximate surface area is 187 Å². The lowest BCUT2D eigenvalue weighted by Gasteiger charge is -2.27. The van der Waals surface area contributed by atoms with Crippen LogP contribution in [0.3, 0.4) is 0 Å². The van der Waals surface area contributed by atoms with Crippen molar-refractivity contribution in [2.75, 3.05) is 11.3 Å². The summed E-state index contributed by atoms with van der Waals surface area (Å²) in [6.07, 6.45) is 0.291. The van der Waals surface area contributed by atoms with Crippen LogP contribution in [0.5, 0.6) is 0 Å². The topological polar surface area (TPSA) is 61.4 Å². The predicted molar refractivity (Wildman–Crippen MR) is 116 cm³/mol. The summed E-state index contributed by atoms with van der Waals surface area (Å²) < 4.78 is 43.5. The van der Waals surface area contributed by atoms with Gasteiger partial charge in [0.2, 0.25) is 0 Å². The van der Waals surface area contributed by atoms with Crippen molar-refractivity contribution in [2.45, 2.75) is 55.1 Å². The Morgan fingerprint density at radius 3 is 2.52 bits per heavy atom. The number of piperidine rings is 1. The number of benzene rings is 2. The quantitative estimate of drug-likeness (QED) is 0.402. The van der Waals surface area contributed by atoms with Gasteiger partial charge in [-0.15, -0.1) is 0 Å². The van der Waals surface area contributed by atoms with Gasteiger partial charge in [0, 0.05) is 16.6 Å². The molecule has 2 aromatic rings. The van der Waals surface area contributed by atoms with Crippen molar-refractivity contribution in [3.05, 3.63) is 57.6 Å². The highest BCUT2D eigenvalue weighted by Gasteiger charge is 2.35. The van der Waals surface area contributed by atoms with Gasteiger partial charge in [0.15, 0.2) is 0 Å². The first kappa shape index (κ1) is 22.3. The number of halogens is 4. The molecule has 0 amide bonds. The Balaban J connectivity index is 1.68. The Morgan fingerprint density at radius 1 is 1.13 bits per heavy atom. The number of aromatic carboxylic acids is 1. The van der Waals surface area contributed by atoms with Crippen LogP contribution in [0.4, 0.5) is 18.9 Å². The molecule has 166 valence electrons. The minimum absolute atomic E-state index is 0.0927. The average Bonchev–Trinajstić information content (AvgIpc) is 3.57. The summed E-state index contributed by atoms with van der Waals surface area (Å²) in [4.78, 5) is 12.1. The van der Waals surface area contributed by atoms with Crippen molar-refractivity contribution < 1.29 is 23.1 Å². The lowest BCUT2D eigenvalue weighted by atomic mass is 9.95. The first-order valence-corrected chi connectivity index (χ1v) is 11.4. The normalized spacial score (nSPS) is 19.3. The summed E-state index contributed by atoms with van der Waals surface area (Å²) in [5, 5.41) is 12.4. The summed E-state index contributed by atoms with van der Waals surface area (Å²) in [5.41, 5.74) is 1.30. The fraction of sp³-hybridized carbons (Fsp3) is 0.409. The number of anilines is 1. The van der Waals surface area contributed by atoms with E-state index in [2.05, 4.69) is 10.0 Å². The number of alkyl halides is 3. The molecule has 1 atom stereocenters. The van der Waals surface area contributed by atoms with Gasteiger partial charge in [-0.25, -0.2) is 4.79 Å². The number of carbonyl (C=O) groups is 1. The van der Waals surface area contributed by atoms with Crippen molar-refractivity contribution in [1.29, 1.82) is 0 Å². The van der Waals surface area contributed by atoms with Crippen molar-refractivity contribution in [3.8, 4) is 0 Å². The summed E-state index contributed by atoms with van der Waals surface area (Å²) in [6, 6.07) is 7.31. The number of rotatable bonds is 6. The van der Waals surface area contributed by atoms with Gasteiger partial charge in [0.25, 0.3) is 0 Å². The highest BCUT2D eigenvalue weighted by atomic mass is 35.5. The molecule has 1 heterocycles. The van der Waals surface area contributed by atoms with Gasteiger partial charge in [-0.1, -0.05) is 24.1 Å². The Kier molecular flexibility index (Phi) is 6.42. The highest BCUT2D eigenvalue weighted by molar-refractivity contribution is 8.00. The molecule has 1 aliphatic heterocycles. The molecule has 4 nitrogen and oxygen atoms in total. The predicted octanol–water partition coefficient (Wildman–Crippen LogP) is 6.87. The third-order valence-corrected chi connectivity index (χ3v) is 6.89. The maximum Gasteiger partial charge on any atom is 0.417 e. The van der Waals surface area contributed by atoms with Gasteiger partial charge < -0.3 is 15.1 Å². The molecule has 0 aromatic heterocycles. The maximum atomic E-state index is 13.5. The molecule has 4 rings (SSSR count). The van der Waals surface area contributed by atoms with Gasteiger partial charge in [-0.2, -0.15) is 13.2 Å². The molecular weight excluding hydrogens is 449 g/mol. The van der Waals surface area contributed by atoms with E-state index in [4.69, 9.17) is 11.6 Å². The first-order valence-electron chi connectivity index (χ1n) is 10.2. The van der Waals surface area contributed by atoms with E-state index in [1.807, 2.05) is 0 Å². The molecule has 2 fully saturated rings. The first-order chi connectivity index (χ1) is 14.7. The van der Waals surface area contributed by atoms with Crippen LogP contribution in [-0.4, -0.2) is 17.6 Å². The van der Waals surface area contributed by atoms with E-state index < -0.39 is 17.7 Å². The fourth-order valence-corrected chi connectivity index (χ4v) is 5.11. The Morgan fingerprint density at radius 2 is 1.90 bits per heavy atom. The van der Waals surface area contributed by atoms with Gasteiger partial charge in [-0.3, -0.25) is 0 Å². The van der Waals surface area contributed by atoms with E-state index in [0.717, 1.165) is 62.2 Å². The SMILES string of the molecule is O=C(O)c1ccc(C2CC2)c(SNc2cc(C(F)(F)F)c(Cl)cc2C2CCCCN2)c1. The van der Waals surface area contributed by atoms with E-state index >= 15 is 0 Å². The van der Waals surface area contributed by atoms with Crippen molar-refractivity contribution >= 4 is 35.2 Å². The van der Waals surface area contributed by atoms with E-state index in [0.29, 0.717) is 22.1 Å². The molecular formula is C22H22ClF3N2O2S. The average molecular weight is 471 g/mol. The van der Waals surface area contributed by atoms with E-state index in [-0.39, 0.29) is 16.6 Å². The number of carboxylic acid groups (broad SMARTS) is 1. The second kappa shape index (κ2) is 8.92. The van der Waals surface area contributed by atoms with Crippen LogP contribution in [-0.2, 0) is 6.18 Å². The van der Waals surface area contributed by atoms with E-state index in [9.17, 15) is 23.1 Å². The highest BCUT2D eigenvalue weighted by Crippen LogP contribution is 2.46. The van der Waals surface area contributed by atoms with Crippen LogP contribution in [0.15, 0.2) is 35.2 Å². The van der Waals surface area contributed by atoms with Gasteiger partial charge in [0.1, 0.15) is 0 Å². The number of hydrogen-bond acceptors (Lipinski definition) is 4. The molecule has 31 heavy (non-hydrogen) atoms. The standard InChI is InChI=1S/C22H22ClF3N2O2S/c23-17-10-15(18-3-1-2-8-27-18)19(11-16(17)22(24,25)26)28-31-20-9-13(21(29)30)6-7-14(20)12-4-5-12/h6-7,9-12,18,27-28H,1-5,8H2,(H,29,30).